The Morgan fingerprint density at radius 1 is 1.00 bits per heavy atom. The molecule has 0 aliphatic heterocycles. The number of sulfone groups is 1. The SMILES string of the molecule is Cc1cc(C(=O)NN)cc(-n2nc3ccc(S(=O)(=O)c4ccccc4)cc3n2)c1O. The second-order valence-corrected chi connectivity index (χ2v) is 8.54. The molecule has 0 unspecified atom stereocenters. The van der Waals surface area contributed by atoms with E-state index < -0.39 is 15.7 Å². The fourth-order valence-corrected chi connectivity index (χ4v) is 4.33. The van der Waals surface area contributed by atoms with Gasteiger partial charge in [-0.2, -0.15) is 0 Å². The third-order valence-electron chi connectivity index (χ3n) is 4.60. The molecule has 0 saturated carbocycles. The molecule has 4 aromatic rings. The fraction of sp³-hybridized carbons (Fsp3) is 0.0500. The number of aryl methyl sites for hydroxylation is 1. The molecule has 0 aliphatic carbocycles. The first-order valence-electron chi connectivity index (χ1n) is 8.83. The molecule has 0 fully saturated rings. The van der Waals surface area contributed by atoms with Crippen LogP contribution in [0.15, 0.2) is 70.5 Å². The molecule has 10 heteroatoms. The standard InChI is InChI=1S/C20H17N5O4S/c1-12-9-13(20(27)22-21)10-18(19(12)26)25-23-16-8-7-15(11-17(16)24-25)30(28,29)14-5-3-2-4-6-14/h2-11,26H,21H2,1H3,(H,22,27). The molecule has 1 aromatic heterocycles. The summed E-state index contributed by atoms with van der Waals surface area (Å²) < 4.78 is 25.7. The van der Waals surface area contributed by atoms with Gasteiger partial charge in [-0.25, -0.2) is 14.3 Å². The van der Waals surface area contributed by atoms with Gasteiger partial charge in [0, 0.05) is 5.56 Å². The molecule has 3 aromatic carbocycles. The molecule has 0 bridgehead atoms. The Balaban J connectivity index is 1.83. The number of hydrogen-bond acceptors (Lipinski definition) is 7. The number of nitrogens with two attached hydrogens (primary N) is 1. The van der Waals surface area contributed by atoms with Crippen molar-refractivity contribution in [3.8, 4) is 11.4 Å². The summed E-state index contributed by atoms with van der Waals surface area (Å²) >= 11 is 0. The molecule has 1 heterocycles. The number of nitrogen functional groups attached to an aromatic ring is 1. The largest absolute Gasteiger partial charge is 0.505 e. The van der Waals surface area contributed by atoms with E-state index in [0.717, 1.165) is 4.80 Å². The Bertz CT molecular complexity index is 1380. The highest BCUT2D eigenvalue weighted by atomic mass is 32.2. The number of benzene rings is 3. The third-order valence-corrected chi connectivity index (χ3v) is 6.37. The van der Waals surface area contributed by atoms with Crippen molar-refractivity contribution < 1.29 is 18.3 Å². The van der Waals surface area contributed by atoms with Crippen molar-refractivity contribution in [3.05, 3.63) is 71.8 Å². The molecule has 0 spiro atoms. The topological polar surface area (TPSA) is 140 Å². The molecule has 4 rings (SSSR count). The van der Waals surface area contributed by atoms with Crippen molar-refractivity contribution >= 4 is 26.8 Å². The van der Waals surface area contributed by atoms with Gasteiger partial charge >= 0.3 is 0 Å². The van der Waals surface area contributed by atoms with Crippen LogP contribution in [0.25, 0.3) is 16.7 Å². The Kier molecular flexibility index (Phi) is 4.72. The number of hydrazine groups is 1. The summed E-state index contributed by atoms with van der Waals surface area (Å²) in [6.45, 7) is 1.62. The average molecular weight is 423 g/mol. The predicted molar refractivity (Wildman–Crippen MR) is 109 cm³/mol. The van der Waals surface area contributed by atoms with E-state index in [-0.39, 0.29) is 26.8 Å². The number of phenols is 1. The van der Waals surface area contributed by atoms with Crippen LogP contribution >= 0.6 is 0 Å². The van der Waals surface area contributed by atoms with Gasteiger partial charge in [-0.3, -0.25) is 10.2 Å². The summed E-state index contributed by atoms with van der Waals surface area (Å²) in [5.74, 6) is 4.55. The zero-order chi connectivity index (χ0) is 21.5. The monoisotopic (exact) mass is 423 g/mol. The van der Waals surface area contributed by atoms with E-state index in [1.807, 2.05) is 5.43 Å². The van der Waals surface area contributed by atoms with Crippen LogP contribution < -0.4 is 11.3 Å². The van der Waals surface area contributed by atoms with Crippen molar-refractivity contribution in [3.63, 3.8) is 0 Å². The van der Waals surface area contributed by atoms with Crippen molar-refractivity contribution in [1.29, 1.82) is 0 Å². The van der Waals surface area contributed by atoms with E-state index in [4.69, 9.17) is 5.84 Å². The fourth-order valence-electron chi connectivity index (χ4n) is 3.03. The van der Waals surface area contributed by atoms with Gasteiger partial charge < -0.3 is 5.11 Å². The summed E-state index contributed by atoms with van der Waals surface area (Å²) in [5, 5.41) is 19.0. The molecular weight excluding hydrogens is 406 g/mol. The van der Waals surface area contributed by atoms with E-state index in [1.165, 1.54) is 42.5 Å². The van der Waals surface area contributed by atoms with Gasteiger partial charge in [-0.05, 0) is 55.0 Å². The summed E-state index contributed by atoms with van der Waals surface area (Å²) in [5.41, 5.74) is 3.59. The van der Waals surface area contributed by atoms with Crippen molar-refractivity contribution in [1.82, 2.24) is 20.4 Å². The van der Waals surface area contributed by atoms with E-state index in [1.54, 1.807) is 25.1 Å². The maximum Gasteiger partial charge on any atom is 0.265 e. The van der Waals surface area contributed by atoms with Gasteiger partial charge in [-0.15, -0.1) is 15.0 Å². The van der Waals surface area contributed by atoms with Gasteiger partial charge in [-0.1, -0.05) is 18.2 Å². The molecule has 1 amide bonds. The molecule has 9 nitrogen and oxygen atoms in total. The van der Waals surface area contributed by atoms with Crippen molar-refractivity contribution in [2.75, 3.05) is 0 Å². The normalized spacial score (nSPS) is 11.5. The summed E-state index contributed by atoms with van der Waals surface area (Å²) in [7, 11) is -3.72. The van der Waals surface area contributed by atoms with Crippen LogP contribution in [0.2, 0.25) is 0 Å². The average Bonchev–Trinajstić information content (AvgIpc) is 3.18. The number of hydrogen-bond donors (Lipinski definition) is 3. The number of nitrogens with zero attached hydrogens (tertiary/aromatic N) is 3. The lowest BCUT2D eigenvalue weighted by Crippen LogP contribution is -2.30. The lowest BCUT2D eigenvalue weighted by molar-refractivity contribution is 0.0953. The van der Waals surface area contributed by atoms with Gasteiger partial charge in [0.1, 0.15) is 22.5 Å². The van der Waals surface area contributed by atoms with Gasteiger partial charge in [0.15, 0.2) is 0 Å². The van der Waals surface area contributed by atoms with Crippen molar-refractivity contribution in [2.45, 2.75) is 16.7 Å². The number of amides is 1. The first kappa shape index (κ1) is 19.6. The molecule has 0 radical (unpaired) electrons. The highest BCUT2D eigenvalue weighted by molar-refractivity contribution is 7.91. The van der Waals surface area contributed by atoms with Crippen LogP contribution in [0, 0.1) is 6.92 Å². The number of aromatic nitrogens is 3. The van der Waals surface area contributed by atoms with Crippen LogP contribution in [0.3, 0.4) is 0 Å². The minimum absolute atomic E-state index is 0.0740. The zero-order valence-corrected chi connectivity index (χ0v) is 16.6. The van der Waals surface area contributed by atoms with Gasteiger partial charge in [0.25, 0.3) is 5.91 Å². The third kappa shape index (κ3) is 3.27. The minimum Gasteiger partial charge on any atom is -0.505 e. The highest BCUT2D eigenvalue weighted by Gasteiger charge is 2.20. The van der Waals surface area contributed by atoms with Crippen LogP contribution in [0.4, 0.5) is 0 Å². The number of rotatable bonds is 4. The van der Waals surface area contributed by atoms with Crippen LogP contribution in [0.5, 0.6) is 5.75 Å². The number of nitrogens with one attached hydrogen (secondary N) is 1. The van der Waals surface area contributed by atoms with E-state index in [2.05, 4.69) is 10.2 Å². The van der Waals surface area contributed by atoms with Crippen LogP contribution in [-0.2, 0) is 9.84 Å². The van der Waals surface area contributed by atoms with E-state index in [9.17, 15) is 18.3 Å². The Morgan fingerprint density at radius 3 is 2.40 bits per heavy atom. The lowest BCUT2D eigenvalue weighted by Gasteiger charge is -2.09. The van der Waals surface area contributed by atoms with Crippen LogP contribution in [0.1, 0.15) is 15.9 Å². The molecule has 0 saturated heterocycles. The Labute approximate surface area is 171 Å². The molecule has 0 aliphatic rings. The van der Waals surface area contributed by atoms with E-state index >= 15 is 0 Å². The van der Waals surface area contributed by atoms with E-state index in [0.29, 0.717) is 16.6 Å². The number of carbonyl (C=O) groups excluding carboxylic acids is 1. The lowest BCUT2D eigenvalue weighted by atomic mass is 10.1. The second kappa shape index (κ2) is 7.25. The highest BCUT2D eigenvalue weighted by Crippen LogP contribution is 2.28. The number of aromatic hydroxyl groups is 1. The molecule has 4 N–H and O–H groups in total. The first-order valence-corrected chi connectivity index (χ1v) is 10.3. The van der Waals surface area contributed by atoms with Crippen molar-refractivity contribution in [2.24, 2.45) is 5.84 Å². The second-order valence-electron chi connectivity index (χ2n) is 6.59. The van der Waals surface area contributed by atoms with Gasteiger partial charge in [0.2, 0.25) is 9.84 Å². The predicted octanol–water partition coefficient (Wildman–Crippen LogP) is 1.87. The molecule has 0 atom stereocenters. The number of phenolic OH excluding ortho intramolecular Hbond substituents is 1. The number of fused-ring (bicyclic) bond motifs is 1. The summed E-state index contributed by atoms with van der Waals surface area (Å²) in [4.78, 5) is 13.3. The quantitative estimate of drug-likeness (QED) is 0.258. The maximum atomic E-state index is 12.9. The first-order chi connectivity index (χ1) is 14.3. The molecule has 30 heavy (non-hydrogen) atoms. The summed E-state index contributed by atoms with van der Waals surface area (Å²) in [6, 6.07) is 15.4. The van der Waals surface area contributed by atoms with Crippen LogP contribution in [-0.4, -0.2) is 34.4 Å². The summed E-state index contributed by atoms with van der Waals surface area (Å²) in [6.07, 6.45) is 0. The Morgan fingerprint density at radius 2 is 1.70 bits per heavy atom. The molecule has 152 valence electrons. The number of carbonyl (C=O) groups is 1. The maximum absolute atomic E-state index is 12.9. The Hall–Kier alpha value is -3.76. The molecular formula is C20H17N5O4S. The zero-order valence-electron chi connectivity index (χ0n) is 15.8. The minimum atomic E-state index is -3.72. The van der Waals surface area contributed by atoms with Gasteiger partial charge in [0.05, 0.1) is 9.79 Å². The smallest absolute Gasteiger partial charge is 0.265 e.